The molecule has 0 atom stereocenters. The summed E-state index contributed by atoms with van der Waals surface area (Å²) in [7, 11) is 3.06. The van der Waals surface area contributed by atoms with Crippen LogP contribution in [0.15, 0.2) is 36.4 Å². The molecular formula is C14H18O3. The van der Waals surface area contributed by atoms with Crippen LogP contribution in [0.25, 0.3) is 5.57 Å². The van der Waals surface area contributed by atoms with E-state index in [0.29, 0.717) is 6.61 Å². The van der Waals surface area contributed by atoms with Gasteiger partial charge < -0.3 is 9.47 Å². The Labute approximate surface area is 102 Å². The van der Waals surface area contributed by atoms with E-state index < -0.39 is 0 Å². The van der Waals surface area contributed by atoms with Gasteiger partial charge in [0.1, 0.15) is 0 Å². The minimum absolute atomic E-state index is 0.318. The Morgan fingerprint density at radius 3 is 2.53 bits per heavy atom. The predicted molar refractivity (Wildman–Crippen MR) is 67.5 cm³/mol. The van der Waals surface area contributed by atoms with Crippen molar-refractivity contribution in [2.75, 3.05) is 20.8 Å². The number of ether oxygens (including phenoxy) is 2. The molecule has 0 bridgehead atoms. The van der Waals surface area contributed by atoms with Gasteiger partial charge in [0.25, 0.3) is 0 Å². The highest BCUT2D eigenvalue weighted by atomic mass is 16.5. The van der Waals surface area contributed by atoms with Crippen LogP contribution in [0.2, 0.25) is 0 Å². The molecule has 3 nitrogen and oxygen atoms in total. The summed E-state index contributed by atoms with van der Waals surface area (Å²) in [6.45, 7) is 0.686. The van der Waals surface area contributed by atoms with E-state index in [-0.39, 0.29) is 5.97 Å². The molecule has 0 fully saturated rings. The van der Waals surface area contributed by atoms with Crippen molar-refractivity contribution >= 4 is 11.5 Å². The van der Waals surface area contributed by atoms with Crippen molar-refractivity contribution in [2.24, 2.45) is 0 Å². The Morgan fingerprint density at radius 1 is 1.24 bits per heavy atom. The van der Waals surface area contributed by atoms with Crippen LogP contribution >= 0.6 is 0 Å². The molecule has 17 heavy (non-hydrogen) atoms. The Morgan fingerprint density at radius 2 is 1.94 bits per heavy atom. The molecule has 0 N–H and O–H groups in total. The maximum Gasteiger partial charge on any atom is 0.330 e. The molecule has 0 heterocycles. The summed E-state index contributed by atoms with van der Waals surface area (Å²) in [5.74, 6) is -0.318. The van der Waals surface area contributed by atoms with Crippen LogP contribution in [0.5, 0.6) is 0 Å². The zero-order valence-corrected chi connectivity index (χ0v) is 10.3. The van der Waals surface area contributed by atoms with E-state index in [4.69, 9.17) is 4.74 Å². The number of carbonyl (C=O) groups is 1. The van der Waals surface area contributed by atoms with Crippen LogP contribution in [-0.4, -0.2) is 26.8 Å². The van der Waals surface area contributed by atoms with E-state index in [1.54, 1.807) is 13.2 Å². The van der Waals surface area contributed by atoms with E-state index in [9.17, 15) is 4.79 Å². The Bertz CT molecular complexity index is 368. The fourth-order valence-electron chi connectivity index (χ4n) is 1.56. The summed E-state index contributed by atoms with van der Waals surface area (Å²) in [5.41, 5.74) is 2.03. The third-order valence-corrected chi connectivity index (χ3v) is 2.43. The SMILES string of the molecule is COCCC/C(=C\C(=O)OC)c1ccccc1. The van der Waals surface area contributed by atoms with Crippen LogP contribution in [0.1, 0.15) is 18.4 Å². The molecule has 0 saturated heterocycles. The van der Waals surface area contributed by atoms with Gasteiger partial charge in [-0.1, -0.05) is 30.3 Å². The van der Waals surface area contributed by atoms with Crippen molar-refractivity contribution in [3.05, 3.63) is 42.0 Å². The number of methoxy groups -OCH3 is 2. The Kier molecular flexibility index (Phi) is 6.04. The molecule has 0 aliphatic heterocycles. The average molecular weight is 234 g/mol. The molecule has 0 unspecified atom stereocenters. The minimum Gasteiger partial charge on any atom is -0.466 e. The average Bonchev–Trinajstić information content (AvgIpc) is 2.38. The third-order valence-electron chi connectivity index (χ3n) is 2.43. The normalized spacial score (nSPS) is 11.3. The van der Waals surface area contributed by atoms with Gasteiger partial charge in [-0.3, -0.25) is 0 Å². The van der Waals surface area contributed by atoms with Gasteiger partial charge in [-0.05, 0) is 24.0 Å². The highest BCUT2D eigenvalue weighted by Gasteiger charge is 2.04. The monoisotopic (exact) mass is 234 g/mol. The quantitative estimate of drug-likeness (QED) is 0.431. The smallest absolute Gasteiger partial charge is 0.330 e. The molecular weight excluding hydrogens is 216 g/mol. The van der Waals surface area contributed by atoms with Crippen LogP contribution in [0, 0.1) is 0 Å². The lowest BCUT2D eigenvalue weighted by Gasteiger charge is -2.07. The minimum atomic E-state index is -0.318. The number of rotatable bonds is 6. The van der Waals surface area contributed by atoms with Crippen LogP contribution < -0.4 is 0 Å². The molecule has 0 amide bonds. The highest BCUT2D eigenvalue weighted by Crippen LogP contribution is 2.19. The molecule has 0 saturated carbocycles. The number of carbonyl (C=O) groups excluding carboxylic acids is 1. The van der Waals surface area contributed by atoms with Gasteiger partial charge in [-0.15, -0.1) is 0 Å². The molecule has 0 aliphatic carbocycles. The van der Waals surface area contributed by atoms with Crippen LogP contribution in [0.4, 0.5) is 0 Å². The Balaban J connectivity index is 2.79. The van der Waals surface area contributed by atoms with Gasteiger partial charge in [-0.25, -0.2) is 4.79 Å². The highest BCUT2D eigenvalue weighted by molar-refractivity contribution is 5.91. The number of hydrogen-bond acceptors (Lipinski definition) is 3. The molecule has 0 aromatic heterocycles. The number of benzene rings is 1. The molecule has 0 radical (unpaired) electrons. The fourth-order valence-corrected chi connectivity index (χ4v) is 1.56. The van der Waals surface area contributed by atoms with Crippen molar-refractivity contribution in [3.8, 4) is 0 Å². The topological polar surface area (TPSA) is 35.5 Å². The summed E-state index contributed by atoms with van der Waals surface area (Å²) in [6.07, 6.45) is 3.23. The first-order chi connectivity index (χ1) is 8.27. The molecule has 1 aromatic rings. The zero-order chi connectivity index (χ0) is 12.5. The largest absolute Gasteiger partial charge is 0.466 e. The second-order valence-electron chi connectivity index (χ2n) is 3.66. The second-order valence-corrected chi connectivity index (χ2v) is 3.66. The van der Waals surface area contributed by atoms with Gasteiger partial charge in [0.15, 0.2) is 0 Å². The van der Waals surface area contributed by atoms with Crippen LogP contribution in [0.3, 0.4) is 0 Å². The first-order valence-corrected chi connectivity index (χ1v) is 5.61. The third kappa shape index (κ3) is 4.83. The maximum absolute atomic E-state index is 11.3. The summed E-state index contributed by atoms with van der Waals surface area (Å²) >= 11 is 0. The first kappa shape index (κ1) is 13.5. The van der Waals surface area contributed by atoms with Crippen molar-refractivity contribution in [1.29, 1.82) is 0 Å². The molecule has 3 heteroatoms. The Hall–Kier alpha value is -1.61. The summed E-state index contributed by atoms with van der Waals surface area (Å²) < 4.78 is 9.68. The molecule has 1 aromatic carbocycles. The number of hydrogen-bond donors (Lipinski definition) is 0. The predicted octanol–water partition coefficient (Wildman–Crippen LogP) is 2.67. The van der Waals surface area contributed by atoms with E-state index in [1.807, 2.05) is 30.3 Å². The second kappa shape index (κ2) is 7.63. The summed E-state index contributed by atoms with van der Waals surface area (Å²) in [4.78, 5) is 11.3. The standard InChI is InChI=1S/C14H18O3/c1-16-10-6-9-13(11-14(15)17-2)12-7-4-3-5-8-12/h3-5,7-8,11H,6,9-10H2,1-2H3/b13-11+. The van der Waals surface area contributed by atoms with Gasteiger partial charge >= 0.3 is 5.97 Å². The lowest BCUT2D eigenvalue weighted by atomic mass is 10.0. The van der Waals surface area contributed by atoms with Crippen molar-refractivity contribution in [2.45, 2.75) is 12.8 Å². The molecule has 92 valence electrons. The van der Waals surface area contributed by atoms with Crippen molar-refractivity contribution in [1.82, 2.24) is 0 Å². The van der Waals surface area contributed by atoms with E-state index in [0.717, 1.165) is 24.0 Å². The first-order valence-electron chi connectivity index (χ1n) is 5.61. The zero-order valence-electron chi connectivity index (χ0n) is 10.3. The number of allylic oxidation sites excluding steroid dienone is 1. The van der Waals surface area contributed by atoms with E-state index in [2.05, 4.69) is 4.74 Å². The number of esters is 1. The van der Waals surface area contributed by atoms with Crippen LogP contribution in [-0.2, 0) is 14.3 Å². The van der Waals surface area contributed by atoms with E-state index in [1.165, 1.54) is 7.11 Å². The molecule has 0 aliphatic rings. The van der Waals surface area contributed by atoms with Gasteiger partial charge in [0, 0.05) is 19.8 Å². The molecule has 1 rings (SSSR count). The summed E-state index contributed by atoms with van der Waals surface area (Å²) in [6, 6.07) is 9.84. The maximum atomic E-state index is 11.3. The summed E-state index contributed by atoms with van der Waals surface area (Å²) in [5, 5.41) is 0. The van der Waals surface area contributed by atoms with E-state index >= 15 is 0 Å². The van der Waals surface area contributed by atoms with Gasteiger partial charge in [0.05, 0.1) is 7.11 Å². The van der Waals surface area contributed by atoms with Gasteiger partial charge in [0.2, 0.25) is 0 Å². The van der Waals surface area contributed by atoms with Gasteiger partial charge in [-0.2, -0.15) is 0 Å². The van der Waals surface area contributed by atoms with Crippen molar-refractivity contribution in [3.63, 3.8) is 0 Å². The lowest BCUT2D eigenvalue weighted by molar-refractivity contribution is -0.134. The molecule has 0 spiro atoms. The fraction of sp³-hybridized carbons (Fsp3) is 0.357. The lowest BCUT2D eigenvalue weighted by Crippen LogP contribution is -1.98. The van der Waals surface area contributed by atoms with Crippen molar-refractivity contribution < 1.29 is 14.3 Å².